The molecule has 0 bridgehead atoms. The minimum atomic E-state index is 0.311. The summed E-state index contributed by atoms with van der Waals surface area (Å²) in [6, 6.07) is 6.99. The van der Waals surface area contributed by atoms with Crippen molar-refractivity contribution in [3.8, 4) is 5.75 Å². The summed E-state index contributed by atoms with van der Waals surface area (Å²) >= 11 is 0. The minimum Gasteiger partial charge on any atom is -0.489 e. The molecule has 2 heteroatoms. The molecule has 1 aromatic rings. The van der Waals surface area contributed by atoms with Gasteiger partial charge < -0.3 is 10.1 Å². The SMILES string of the molecule is CCCNC1CCC(C)CC1Oc1cc(C)ccc1C. The summed E-state index contributed by atoms with van der Waals surface area (Å²) < 4.78 is 6.38. The second-order valence-electron chi connectivity index (χ2n) is 6.40. The molecular weight excluding hydrogens is 246 g/mol. The van der Waals surface area contributed by atoms with E-state index in [1.165, 1.54) is 30.4 Å². The zero-order chi connectivity index (χ0) is 14.5. The number of hydrogen-bond donors (Lipinski definition) is 1. The Morgan fingerprint density at radius 2 is 2.05 bits per heavy atom. The molecule has 3 atom stereocenters. The molecule has 0 amide bonds. The van der Waals surface area contributed by atoms with Crippen molar-refractivity contribution in [1.29, 1.82) is 0 Å². The Morgan fingerprint density at radius 3 is 2.80 bits per heavy atom. The lowest BCUT2D eigenvalue weighted by atomic mass is 9.85. The molecule has 1 aromatic carbocycles. The van der Waals surface area contributed by atoms with Crippen molar-refractivity contribution in [2.75, 3.05) is 6.54 Å². The summed E-state index contributed by atoms with van der Waals surface area (Å²) in [7, 11) is 0. The van der Waals surface area contributed by atoms with E-state index in [0.717, 1.165) is 24.6 Å². The maximum Gasteiger partial charge on any atom is 0.122 e. The third-order valence-electron chi connectivity index (χ3n) is 4.33. The fourth-order valence-corrected chi connectivity index (χ4v) is 3.02. The predicted molar refractivity (Wildman–Crippen MR) is 85.4 cm³/mol. The lowest BCUT2D eigenvalue weighted by Gasteiger charge is -2.36. The molecule has 1 N–H and O–H groups in total. The monoisotopic (exact) mass is 275 g/mol. The van der Waals surface area contributed by atoms with E-state index in [9.17, 15) is 0 Å². The first-order valence-electron chi connectivity index (χ1n) is 8.07. The lowest BCUT2D eigenvalue weighted by Crippen LogP contribution is -2.47. The average molecular weight is 275 g/mol. The molecule has 20 heavy (non-hydrogen) atoms. The standard InChI is InChI=1S/C18H29NO/c1-5-10-19-16-9-7-14(3)12-18(16)20-17-11-13(2)6-8-15(17)4/h6,8,11,14,16,18-19H,5,7,9-10,12H2,1-4H3. The number of benzene rings is 1. The van der Waals surface area contributed by atoms with E-state index in [-0.39, 0.29) is 0 Å². The molecular formula is C18H29NO. The summed E-state index contributed by atoms with van der Waals surface area (Å²) in [5.74, 6) is 1.83. The number of aryl methyl sites for hydroxylation is 2. The summed E-state index contributed by atoms with van der Waals surface area (Å²) in [6.45, 7) is 9.92. The Morgan fingerprint density at radius 1 is 1.25 bits per heavy atom. The Labute approximate surface area is 123 Å². The molecule has 1 aliphatic rings. The Balaban J connectivity index is 2.08. The van der Waals surface area contributed by atoms with Crippen LogP contribution in [0.5, 0.6) is 5.75 Å². The fraction of sp³-hybridized carbons (Fsp3) is 0.667. The van der Waals surface area contributed by atoms with Crippen molar-refractivity contribution in [2.45, 2.75) is 65.5 Å². The molecule has 0 radical (unpaired) electrons. The molecule has 1 aliphatic carbocycles. The van der Waals surface area contributed by atoms with E-state index >= 15 is 0 Å². The molecule has 1 fully saturated rings. The molecule has 0 saturated heterocycles. The quantitative estimate of drug-likeness (QED) is 0.868. The van der Waals surface area contributed by atoms with Crippen molar-refractivity contribution in [3.05, 3.63) is 29.3 Å². The molecule has 0 aliphatic heterocycles. The van der Waals surface area contributed by atoms with Crippen LogP contribution in [0.4, 0.5) is 0 Å². The summed E-state index contributed by atoms with van der Waals surface area (Å²) in [5.41, 5.74) is 2.51. The molecule has 2 rings (SSSR count). The first-order valence-corrected chi connectivity index (χ1v) is 8.07. The van der Waals surface area contributed by atoms with Gasteiger partial charge in [0.1, 0.15) is 11.9 Å². The summed E-state index contributed by atoms with van der Waals surface area (Å²) in [5, 5.41) is 3.67. The van der Waals surface area contributed by atoms with Crippen molar-refractivity contribution in [2.24, 2.45) is 5.92 Å². The van der Waals surface area contributed by atoms with Gasteiger partial charge in [0.25, 0.3) is 0 Å². The third-order valence-corrected chi connectivity index (χ3v) is 4.33. The van der Waals surface area contributed by atoms with Crippen LogP contribution in [0.15, 0.2) is 18.2 Å². The van der Waals surface area contributed by atoms with Gasteiger partial charge >= 0.3 is 0 Å². The van der Waals surface area contributed by atoms with Crippen LogP contribution < -0.4 is 10.1 Å². The highest BCUT2D eigenvalue weighted by molar-refractivity contribution is 5.36. The topological polar surface area (TPSA) is 21.3 Å². The van der Waals surface area contributed by atoms with Gasteiger partial charge in [0.05, 0.1) is 0 Å². The van der Waals surface area contributed by atoms with Crippen molar-refractivity contribution < 1.29 is 4.74 Å². The fourth-order valence-electron chi connectivity index (χ4n) is 3.02. The number of ether oxygens (including phenoxy) is 1. The molecule has 0 spiro atoms. The van der Waals surface area contributed by atoms with E-state index in [2.05, 4.69) is 51.2 Å². The van der Waals surface area contributed by atoms with Crippen LogP contribution in [0, 0.1) is 19.8 Å². The Hall–Kier alpha value is -1.02. The molecule has 2 nitrogen and oxygen atoms in total. The smallest absolute Gasteiger partial charge is 0.122 e. The van der Waals surface area contributed by atoms with Gasteiger partial charge in [0.15, 0.2) is 0 Å². The van der Waals surface area contributed by atoms with Gasteiger partial charge in [-0.2, -0.15) is 0 Å². The summed E-state index contributed by atoms with van der Waals surface area (Å²) in [4.78, 5) is 0. The van der Waals surface area contributed by atoms with E-state index in [4.69, 9.17) is 4.74 Å². The van der Waals surface area contributed by atoms with E-state index in [1.54, 1.807) is 0 Å². The van der Waals surface area contributed by atoms with Crippen LogP contribution >= 0.6 is 0 Å². The zero-order valence-electron chi connectivity index (χ0n) is 13.4. The second-order valence-corrected chi connectivity index (χ2v) is 6.40. The number of hydrogen-bond acceptors (Lipinski definition) is 2. The van der Waals surface area contributed by atoms with Crippen LogP contribution in [-0.2, 0) is 0 Å². The minimum absolute atomic E-state index is 0.311. The van der Waals surface area contributed by atoms with Gasteiger partial charge in [-0.3, -0.25) is 0 Å². The van der Waals surface area contributed by atoms with Gasteiger partial charge in [-0.15, -0.1) is 0 Å². The normalized spacial score (nSPS) is 26.5. The number of rotatable bonds is 5. The van der Waals surface area contributed by atoms with Crippen molar-refractivity contribution in [3.63, 3.8) is 0 Å². The van der Waals surface area contributed by atoms with Gasteiger partial charge in [0, 0.05) is 6.04 Å². The first-order chi connectivity index (χ1) is 9.60. The second kappa shape index (κ2) is 7.12. The molecule has 0 aromatic heterocycles. The van der Waals surface area contributed by atoms with Gasteiger partial charge in [-0.05, 0) is 69.2 Å². The zero-order valence-corrected chi connectivity index (χ0v) is 13.4. The van der Waals surface area contributed by atoms with Crippen LogP contribution in [0.2, 0.25) is 0 Å². The molecule has 1 saturated carbocycles. The molecule has 0 heterocycles. The highest BCUT2D eigenvalue weighted by Gasteiger charge is 2.30. The molecule has 112 valence electrons. The highest BCUT2D eigenvalue weighted by Crippen LogP contribution is 2.29. The van der Waals surface area contributed by atoms with Crippen LogP contribution in [0.25, 0.3) is 0 Å². The van der Waals surface area contributed by atoms with E-state index in [0.29, 0.717) is 12.1 Å². The molecule has 3 unspecified atom stereocenters. The predicted octanol–water partition coefficient (Wildman–Crippen LogP) is 4.24. The van der Waals surface area contributed by atoms with Crippen molar-refractivity contribution in [1.82, 2.24) is 5.32 Å². The Kier molecular flexibility index (Phi) is 5.47. The van der Waals surface area contributed by atoms with E-state index in [1.807, 2.05) is 0 Å². The Bertz CT molecular complexity index is 427. The number of nitrogens with one attached hydrogen (secondary N) is 1. The maximum absolute atomic E-state index is 6.38. The van der Waals surface area contributed by atoms with Crippen LogP contribution in [-0.4, -0.2) is 18.7 Å². The highest BCUT2D eigenvalue weighted by atomic mass is 16.5. The maximum atomic E-state index is 6.38. The lowest BCUT2D eigenvalue weighted by molar-refractivity contribution is 0.0902. The van der Waals surface area contributed by atoms with Crippen molar-refractivity contribution >= 4 is 0 Å². The average Bonchev–Trinajstić information content (AvgIpc) is 2.42. The summed E-state index contributed by atoms with van der Waals surface area (Å²) in [6.07, 6.45) is 5.20. The van der Waals surface area contributed by atoms with Gasteiger partial charge in [-0.1, -0.05) is 26.0 Å². The van der Waals surface area contributed by atoms with E-state index < -0.39 is 0 Å². The van der Waals surface area contributed by atoms with Gasteiger partial charge in [0.2, 0.25) is 0 Å². The van der Waals surface area contributed by atoms with Crippen LogP contribution in [0.1, 0.15) is 50.7 Å². The van der Waals surface area contributed by atoms with Gasteiger partial charge in [-0.25, -0.2) is 0 Å². The largest absolute Gasteiger partial charge is 0.489 e. The van der Waals surface area contributed by atoms with Crippen LogP contribution in [0.3, 0.4) is 0 Å². The first kappa shape index (κ1) is 15.4. The third kappa shape index (κ3) is 3.99.